The van der Waals surface area contributed by atoms with Gasteiger partial charge < -0.3 is 10.1 Å². The zero-order valence-corrected chi connectivity index (χ0v) is 12.5. The number of carbonyl (C=O) groups excluding carboxylic acids is 2. The molecule has 112 valence electrons. The number of benzene rings is 2. The quantitative estimate of drug-likeness (QED) is 0.681. The second kappa shape index (κ2) is 7.22. The Labute approximate surface area is 129 Å². The minimum Gasteiger partial charge on any atom is -0.497 e. The van der Waals surface area contributed by atoms with Gasteiger partial charge in [-0.3, -0.25) is 9.59 Å². The van der Waals surface area contributed by atoms with Crippen molar-refractivity contribution >= 4 is 17.4 Å². The molecule has 2 aromatic rings. The Morgan fingerprint density at radius 2 is 1.59 bits per heavy atom. The summed E-state index contributed by atoms with van der Waals surface area (Å²) in [6, 6.07) is 16.1. The maximum absolute atomic E-state index is 12.3. The molecule has 0 atom stereocenters. The predicted octanol–water partition coefficient (Wildman–Crippen LogP) is 3.06. The van der Waals surface area contributed by atoms with Crippen molar-refractivity contribution in [2.45, 2.75) is 6.92 Å². The number of nitrogens with one attached hydrogen (secondary N) is 1. The fourth-order valence-corrected chi connectivity index (χ4v) is 1.97. The van der Waals surface area contributed by atoms with Crippen LogP contribution in [0.1, 0.15) is 22.8 Å². The predicted molar refractivity (Wildman–Crippen MR) is 85.6 cm³/mol. The Bertz CT molecular complexity index is 688. The molecular weight excluding hydrogens is 278 g/mol. The molecule has 4 nitrogen and oxygen atoms in total. The number of allylic oxidation sites excluding steroid dienone is 1. The molecule has 0 aliphatic rings. The van der Waals surface area contributed by atoms with Crippen LogP contribution in [-0.4, -0.2) is 18.8 Å². The van der Waals surface area contributed by atoms with Crippen LogP contribution in [-0.2, 0) is 4.79 Å². The summed E-state index contributed by atoms with van der Waals surface area (Å²) in [5, 5.41) is 2.70. The normalized spacial score (nSPS) is 10.9. The molecule has 0 aliphatic heterocycles. The minimum absolute atomic E-state index is 0.185. The molecule has 0 spiro atoms. The van der Waals surface area contributed by atoms with E-state index in [1.165, 1.54) is 13.0 Å². The molecular formula is C18H17NO3. The number of amides is 1. The number of carbonyl (C=O) groups is 2. The Morgan fingerprint density at radius 3 is 2.14 bits per heavy atom. The van der Waals surface area contributed by atoms with Crippen LogP contribution in [0.2, 0.25) is 0 Å². The van der Waals surface area contributed by atoms with Gasteiger partial charge in [-0.15, -0.1) is 0 Å². The van der Waals surface area contributed by atoms with Crippen molar-refractivity contribution in [2.75, 3.05) is 7.11 Å². The second-order valence-corrected chi connectivity index (χ2v) is 4.70. The van der Waals surface area contributed by atoms with Crippen LogP contribution < -0.4 is 10.1 Å². The number of ketones is 1. The molecule has 0 fully saturated rings. The van der Waals surface area contributed by atoms with Crippen molar-refractivity contribution in [3.8, 4) is 5.75 Å². The molecule has 0 saturated heterocycles. The zero-order chi connectivity index (χ0) is 15.9. The van der Waals surface area contributed by atoms with E-state index in [9.17, 15) is 9.59 Å². The van der Waals surface area contributed by atoms with Gasteiger partial charge in [0.15, 0.2) is 5.78 Å². The van der Waals surface area contributed by atoms with Crippen LogP contribution in [0, 0.1) is 0 Å². The van der Waals surface area contributed by atoms with Gasteiger partial charge in [-0.2, -0.15) is 0 Å². The van der Waals surface area contributed by atoms with Crippen LogP contribution >= 0.6 is 0 Å². The molecule has 0 saturated carbocycles. The largest absolute Gasteiger partial charge is 0.497 e. The summed E-state index contributed by atoms with van der Waals surface area (Å²) < 4.78 is 5.07. The number of hydrogen-bond donors (Lipinski definition) is 1. The fraction of sp³-hybridized carbons (Fsp3) is 0.111. The van der Waals surface area contributed by atoms with Crippen LogP contribution in [0.5, 0.6) is 5.75 Å². The smallest absolute Gasteiger partial charge is 0.221 e. The van der Waals surface area contributed by atoms with Gasteiger partial charge in [0.05, 0.1) is 12.8 Å². The van der Waals surface area contributed by atoms with Crippen molar-refractivity contribution in [2.24, 2.45) is 0 Å². The first kappa shape index (κ1) is 15.5. The Hall–Kier alpha value is -2.88. The summed E-state index contributed by atoms with van der Waals surface area (Å²) in [4.78, 5) is 23.7. The van der Waals surface area contributed by atoms with Gasteiger partial charge in [-0.25, -0.2) is 0 Å². The molecule has 0 aliphatic carbocycles. The average molecular weight is 295 g/mol. The lowest BCUT2D eigenvalue weighted by Crippen LogP contribution is -2.19. The van der Waals surface area contributed by atoms with Gasteiger partial charge >= 0.3 is 0 Å². The van der Waals surface area contributed by atoms with Gasteiger partial charge in [0.25, 0.3) is 0 Å². The average Bonchev–Trinajstić information content (AvgIpc) is 2.54. The van der Waals surface area contributed by atoms with Gasteiger partial charge in [-0.05, 0) is 29.8 Å². The van der Waals surface area contributed by atoms with Gasteiger partial charge in [0.2, 0.25) is 5.91 Å². The van der Waals surface area contributed by atoms with E-state index in [1.807, 2.05) is 30.3 Å². The van der Waals surface area contributed by atoms with E-state index in [0.717, 1.165) is 5.56 Å². The summed E-state index contributed by atoms with van der Waals surface area (Å²) in [6.07, 6.45) is 1.43. The summed E-state index contributed by atoms with van der Waals surface area (Å²) in [5.74, 6) is 0.276. The molecule has 4 heteroatoms. The van der Waals surface area contributed by atoms with Crippen molar-refractivity contribution in [3.05, 3.63) is 71.8 Å². The molecule has 22 heavy (non-hydrogen) atoms. The minimum atomic E-state index is -0.224. The zero-order valence-electron chi connectivity index (χ0n) is 12.5. The van der Waals surface area contributed by atoms with Crippen LogP contribution in [0.15, 0.2) is 60.7 Å². The van der Waals surface area contributed by atoms with Crippen molar-refractivity contribution in [1.29, 1.82) is 0 Å². The van der Waals surface area contributed by atoms with Gasteiger partial charge in [-0.1, -0.05) is 30.3 Å². The third-order valence-electron chi connectivity index (χ3n) is 3.05. The van der Waals surface area contributed by atoms with E-state index < -0.39 is 0 Å². The Balaban J connectivity index is 2.31. The Kier molecular flexibility index (Phi) is 5.09. The van der Waals surface area contributed by atoms with E-state index >= 15 is 0 Å². The second-order valence-electron chi connectivity index (χ2n) is 4.70. The summed E-state index contributed by atoms with van der Waals surface area (Å²) in [6.45, 7) is 1.41. The van der Waals surface area contributed by atoms with Crippen LogP contribution in [0.4, 0.5) is 0 Å². The summed E-state index contributed by atoms with van der Waals surface area (Å²) >= 11 is 0. The molecule has 0 bridgehead atoms. The van der Waals surface area contributed by atoms with Crippen molar-refractivity contribution < 1.29 is 14.3 Å². The van der Waals surface area contributed by atoms with Crippen molar-refractivity contribution in [3.63, 3.8) is 0 Å². The highest BCUT2D eigenvalue weighted by Gasteiger charge is 2.08. The van der Waals surface area contributed by atoms with E-state index in [1.54, 1.807) is 31.4 Å². The summed E-state index contributed by atoms with van der Waals surface area (Å²) in [7, 11) is 1.57. The third-order valence-corrected chi connectivity index (χ3v) is 3.05. The third kappa shape index (κ3) is 4.06. The monoisotopic (exact) mass is 295 g/mol. The van der Waals surface area contributed by atoms with E-state index in [2.05, 4.69) is 5.32 Å². The maximum atomic E-state index is 12.3. The fourth-order valence-electron chi connectivity index (χ4n) is 1.97. The number of methoxy groups -OCH3 is 1. The van der Waals surface area contributed by atoms with Gasteiger partial charge in [0.1, 0.15) is 5.75 Å². The lowest BCUT2D eigenvalue weighted by atomic mass is 10.1. The topological polar surface area (TPSA) is 55.4 Å². The highest BCUT2D eigenvalue weighted by Crippen LogP contribution is 2.15. The first-order valence-corrected chi connectivity index (χ1v) is 6.83. The summed E-state index contributed by atoms with van der Waals surface area (Å²) in [5.41, 5.74) is 1.79. The van der Waals surface area contributed by atoms with Crippen LogP contribution in [0.25, 0.3) is 5.70 Å². The van der Waals surface area contributed by atoms with Crippen molar-refractivity contribution in [1.82, 2.24) is 5.32 Å². The van der Waals surface area contributed by atoms with Gasteiger partial charge in [0, 0.05) is 18.6 Å². The first-order valence-electron chi connectivity index (χ1n) is 6.83. The first-order chi connectivity index (χ1) is 10.6. The highest BCUT2D eigenvalue weighted by molar-refractivity contribution is 6.09. The lowest BCUT2D eigenvalue weighted by molar-refractivity contribution is -0.117. The molecule has 2 aromatic carbocycles. The van der Waals surface area contributed by atoms with E-state index in [0.29, 0.717) is 17.0 Å². The van der Waals surface area contributed by atoms with E-state index in [4.69, 9.17) is 4.74 Å². The van der Waals surface area contributed by atoms with Crippen LogP contribution in [0.3, 0.4) is 0 Å². The number of hydrogen-bond acceptors (Lipinski definition) is 3. The molecule has 1 N–H and O–H groups in total. The molecule has 0 radical (unpaired) electrons. The number of rotatable bonds is 5. The maximum Gasteiger partial charge on any atom is 0.221 e. The standard InChI is InChI=1S/C18H17NO3/c1-13(20)19-17(14-6-4-3-5-7-14)12-18(21)15-8-10-16(22-2)11-9-15/h3-12H,1-2H3,(H,19,20)/b17-12-. The molecule has 0 heterocycles. The molecule has 1 amide bonds. The lowest BCUT2D eigenvalue weighted by Gasteiger charge is -2.08. The number of ether oxygens (including phenoxy) is 1. The molecule has 2 rings (SSSR count). The SMILES string of the molecule is COc1ccc(C(=O)/C=C(\NC(C)=O)c2ccccc2)cc1. The molecule has 0 aromatic heterocycles. The van der Waals surface area contributed by atoms with E-state index in [-0.39, 0.29) is 11.7 Å². The Morgan fingerprint density at radius 1 is 0.955 bits per heavy atom. The molecule has 0 unspecified atom stereocenters. The highest BCUT2D eigenvalue weighted by atomic mass is 16.5.